The molecule has 0 saturated heterocycles. The van der Waals surface area contributed by atoms with E-state index in [0.29, 0.717) is 22.8 Å². The number of H-pyrrole nitrogens is 2. The molecule has 6 heteroatoms. The van der Waals surface area contributed by atoms with Crippen LogP contribution in [0.2, 0.25) is 0 Å². The molecule has 6 nitrogen and oxygen atoms in total. The lowest BCUT2D eigenvalue weighted by Crippen LogP contribution is -2.10. The number of nitrogens with two attached hydrogens (primary N) is 1. The van der Waals surface area contributed by atoms with Crippen LogP contribution in [0.25, 0.3) is 11.3 Å². The minimum absolute atomic E-state index is 0.183. The smallest absolute Gasteiger partial charge is 0.269 e. The number of ether oxygens (including phenoxy) is 2. The van der Waals surface area contributed by atoms with Gasteiger partial charge in [0.25, 0.3) is 5.56 Å². The molecule has 0 amide bonds. The van der Waals surface area contributed by atoms with Gasteiger partial charge in [-0.05, 0) is 18.2 Å². The summed E-state index contributed by atoms with van der Waals surface area (Å²) in [6.45, 7) is 0.412. The van der Waals surface area contributed by atoms with Crippen molar-refractivity contribution in [1.82, 2.24) is 10.2 Å². The van der Waals surface area contributed by atoms with Crippen LogP contribution in [0, 0.1) is 0 Å². The molecule has 0 atom stereocenters. The summed E-state index contributed by atoms with van der Waals surface area (Å²) in [7, 11) is 0. The summed E-state index contributed by atoms with van der Waals surface area (Å²) < 4.78 is 10.5. The molecule has 2 aromatic rings. The fourth-order valence-corrected chi connectivity index (χ4v) is 1.88. The topological polar surface area (TPSA) is 93.1 Å². The molecule has 1 aliphatic rings. The molecule has 1 aromatic carbocycles. The monoisotopic (exact) mass is 233 g/mol. The number of hydrogen-bond donors (Lipinski definition) is 3. The molecule has 0 aliphatic carbocycles. The second kappa shape index (κ2) is 3.67. The van der Waals surface area contributed by atoms with Crippen LogP contribution in [0.15, 0.2) is 23.0 Å². The SMILES string of the molecule is NCc1c(-c2ccc3c(c2)OCO3)[nH][nH]c1=O. The molecule has 0 spiro atoms. The molecule has 0 unspecified atom stereocenters. The number of benzene rings is 1. The third-order valence-corrected chi connectivity index (χ3v) is 2.74. The van der Waals surface area contributed by atoms with Crippen LogP contribution in [0.3, 0.4) is 0 Å². The first-order chi connectivity index (χ1) is 8.29. The van der Waals surface area contributed by atoms with E-state index in [1.807, 2.05) is 18.2 Å². The zero-order valence-electron chi connectivity index (χ0n) is 8.95. The molecular formula is C11H11N3O3. The first-order valence-corrected chi connectivity index (χ1v) is 5.19. The number of rotatable bonds is 2. The maximum absolute atomic E-state index is 11.5. The standard InChI is InChI=1S/C11H11N3O3/c12-4-7-10(13-14-11(7)15)6-1-2-8-9(3-6)17-5-16-8/h1-3H,4-5,12H2,(H2,13,14,15). The van der Waals surface area contributed by atoms with Gasteiger partial charge in [0.15, 0.2) is 11.5 Å². The van der Waals surface area contributed by atoms with Gasteiger partial charge in [-0.2, -0.15) is 0 Å². The van der Waals surface area contributed by atoms with Crippen molar-refractivity contribution < 1.29 is 9.47 Å². The van der Waals surface area contributed by atoms with Gasteiger partial charge in [0.05, 0.1) is 11.3 Å². The van der Waals surface area contributed by atoms with Gasteiger partial charge >= 0.3 is 0 Å². The zero-order valence-corrected chi connectivity index (χ0v) is 8.95. The maximum Gasteiger partial charge on any atom is 0.269 e. The van der Waals surface area contributed by atoms with E-state index in [1.165, 1.54) is 0 Å². The van der Waals surface area contributed by atoms with Gasteiger partial charge in [0, 0.05) is 12.1 Å². The van der Waals surface area contributed by atoms with Crippen LogP contribution in [-0.4, -0.2) is 17.0 Å². The maximum atomic E-state index is 11.5. The Balaban J connectivity index is 2.12. The summed E-state index contributed by atoms with van der Waals surface area (Å²) >= 11 is 0. The van der Waals surface area contributed by atoms with Crippen molar-refractivity contribution in [3.8, 4) is 22.8 Å². The van der Waals surface area contributed by atoms with Crippen LogP contribution in [-0.2, 0) is 6.54 Å². The Labute approximate surface area is 96.3 Å². The van der Waals surface area contributed by atoms with Crippen molar-refractivity contribution in [1.29, 1.82) is 0 Å². The number of aromatic amines is 2. The number of nitrogens with one attached hydrogen (secondary N) is 2. The van der Waals surface area contributed by atoms with Crippen LogP contribution in [0.5, 0.6) is 11.5 Å². The average Bonchev–Trinajstić information content (AvgIpc) is 2.93. The zero-order chi connectivity index (χ0) is 11.8. The fraction of sp³-hybridized carbons (Fsp3) is 0.182. The van der Waals surface area contributed by atoms with E-state index in [1.54, 1.807) is 0 Å². The van der Waals surface area contributed by atoms with Crippen molar-refractivity contribution >= 4 is 0 Å². The van der Waals surface area contributed by atoms with Crippen molar-refractivity contribution in [2.75, 3.05) is 6.79 Å². The third kappa shape index (κ3) is 1.50. The minimum Gasteiger partial charge on any atom is -0.454 e. The van der Waals surface area contributed by atoms with Crippen LogP contribution in [0.1, 0.15) is 5.56 Å². The first-order valence-electron chi connectivity index (χ1n) is 5.19. The number of aromatic nitrogens is 2. The van der Waals surface area contributed by atoms with Crippen LogP contribution in [0.4, 0.5) is 0 Å². The van der Waals surface area contributed by atoms with E-state index in [-0.39, 0.29) is 18.9 Å². The van der Waals surface area contributed by atoms with E-state index >= 15 is 0 Å². The van der Waals surface area contributed by atoms with Gasteiger partial charge in [-0.15, -0.1) is 0 Å². The van der Waals surface area contributed by atoms with E-state index in [9.17, 15) is 4.79 Å². The van der Waals surface area contributed by atoms with E-state index < -0.39 is 0 Å². The van der Waals surface area contributed by atoms with Crippen LogP contribution < -0.4 is 20.8 Å². The molecule has 2 heterocycles. The highest BCUT2D eigenvalue weighted by Gasteiger charge is 2.16. The van der Waals surface area contributed by atoms with Gasteiger partial charge in [0.2, 0.25) is 6.79 Å². The predicted octanol–water partition coefficient (Wildman–Crippen LogP) is 0.557. The summed E-state index contributed by atoms with van der Waals surface area (Å²) in [6, 6.07) is 5.48. The lowest BCUT2D eigenvalue weighted by atomic mass is 10.1. The molecule has 1 aliphatic heterocycles. The molecule has 0 radical (unpaired) electrons. The fourth-order valence-electron chi connectivity index (χ4n) is 1.88. The van der Waals surface area contributed by atoms with E-state index in [0.717, 1.165) is 5.56 Å². The molecule has 0 saturated carbocycles. The Kier molecular flexibility index (Phi) is 2.15. The quantitative estimate of drug-likeness (QED) is 0.706. The van der Waals surface area contributed by atoms with Gasteiger partial charge in [-0.3, -0.25) is 15.0 Å². The highest BCUT2D eigenvalue weighted by molar-refractivity contribution is 5.66. The normalized spacial score (nSPS) is 13.0. The van der Waals surface area contributed by atoms with Crippen LogP contribution >= 0.6 is 0 Å². The highest BCUT2D eigenvalue weighted by atomic mass is 16.7. The number of fused-ring (bicyclic) bond motifs is 1. The molecule has 3 rings (SSSR count). The lowest BCUT2D eigenvalue weighted by Gasteiger charge is -2.02. The Morgan fingerprint density at radius 1 is 1.24 bits per heavy atom. The Morgan fingerprint density at radius 2 is 2.06 bits per heavy atom. The molecule has 1 aromatic heterocycles. The van der Waals surface area contributed by atoms with Gasteiger partial charge < -0.3 is 15.2 Å². The largest absolute Gasteiger partial charge is 0.454 e. The van der Waals surface area contributed by atoms with Gasteiger partial charge in [-0.1, -0.05) is 0 Å². The number of hydrogen-bond acceptors (Lipinski definition) is 4. The first kappa shape index (κ1) is 9.98. The summed E-state index contributed by atoms with van der Waals surface area (Å²) in [5.74, 6) is 1.38. The van der Waals surface area contributed by atoms with Crippen molar-refractivity contribution in [3.05, 3.63) is 34.1 Å². The molecule has 17 heavy (non-hydrogen) atoms. The van der Waals surface area contributed by atoms with Crippen molar-refractivity contribution in [2.24, 2.45) is 5.73 Å². The summed E-state index contributed by atoms with van der Waals surface area (Å²) in [5, 5.41) is 5.34. The minimum atomic E-state index is -0.194. The predicted molar refractivity (Wildman–Crippen MR) is 60.9 cm³/mol. The van der Waals surface area contributed by atoms with E-state index in [4.69, 9.17) is 15.2 Å². The summed E-state index contributed by atoms with van der Waals surface area (Å²) in [4.78, 5) is 11.5. The molecule has 4 N–H and O–H groups in total. The Hall–Kier alpha value is -2.21. The second-order valence-electron chi connectivity index (χ2n) is 3.70. The van der Waals surface area contributed by atoms with Gasteiger partial charge in [0.1, 0.15) is 0 Å². The van der Waals surface area contributed by atoms with Crippen molar-refractivity contribution in [3.63, 3.8) is 0 Å². The molecule has 0 bridgehead atoms. The molecule has 88 valence electrons. The van der Waals surface area contributed by atoms with E-state index in [2.05, 4.69) is 10.2 Å². The summed E-state index contributed by atoms with van der Waals surface area (Å²) in [6.07, 6.45) is 0. The molecular weight excluding hydrogens is 222 g/mol. The van der Waals surface area contributed by atoms with Crippen molar-refractivity contribution in [2.45, 2.75) is 6.54 Å². The highest BCUT2D eigenvalue weighted by Crippen LogP contribution is 2.35. The summed E-state index contributed by atoms with van der Waals surface area (Å²) in [5.41, 5.74) is 7.42. The lowest BCUT2D eigenvalue weighted by molar-refractivity contribution is 0.174. The van der Waals surface area contributed by atoms with Gasteiger partial charge in [-0.25, -0.2) is 0 Å². The Bertz CT molecular complexity index is 615. The molecule has 0 fully saturated rings. The second-order valence-corrected chi connectivity index (χ2v) is 3.70. The average molecular weight is 233 g/mol. The Morgan fingerprint density at radius 3 is 2.88 bits per heavy atom. The third-order valence-electron chi connectivity index (χ3n) is 2.74.